The second-order valence-electron chi connectivity index (χ2n) is 4.38. The van der Waals surface area contributed by atoms with Gasteiger partial charge in [-0.05, 0) is 32.4 Å². The third kappa shape index (κ3) is 5.00. The van der Waals surface area contributed by atoms with Gasteiger partial charge in [-0.25, -0.2) is 4.39 Å². The van der Waals surface area contributed by atoms with Crippen molar-refractivity contribution in [3.8, 4) is 0 Å². The van der Waals surface area contributed by atoms with Crippen molar-refractivity contribution in [2.75, 3.05) is 5.32 Å². The van der Waals surface area contributed by atoms with Gasteiger partial charge < -0.3 is 5.32 Å². The monoisotopic (exact) mass is 273 g/mol. The lowest BCUT2D eigenvalue weighted by Gasteiger charge is -2.20. The Morgan fingerprint density at radius 3 is 2.71 bits per heavy atom. The van der Waals surface area contributed by atoms with Crippen molar-refractivity contribution in [2.24, 2.45) is 0 Å². The molecule has 0 saturated carbocycles. The summed E-state index contributed by atoms with van der Waals surface area (Å²) in [6, 6.07) is 6.15. The maximum Gasteiger partial charge on any atom is 0.224 e. The molecule has 94 valence electrons. The Balaban J connectivity index is 2.48. The van der Waals surface area contributed by atoms with Crippen molar-refractivity contribution >= 4 is 34.0 Å². The normalized spacial score (nSPS) is 11.3. The molecule has 0 fully saturated rings. The minimum absolute atomic E-state index is 0.0598. The summed E-state index contributed by atoms with van der Waals surface area (Å²) in [5, 5.41) is 2.56. The Bertz CT molecular complexity index is 396. The molecule has 0 aromatic heterocycles. The molecule has 17 heavy (non-hydrogen) atoms. The van der Waals surface area contributed by atoms with Gasteiger partial charge in [-0.3, -0.25) is 4.79 Å². The number of carbonyl (C=O) groups excluding carboxylic acids is 1. The van der Waals surface area contributed by atoms with Gasteiger partial charge in [0.05, 0.1) is 5.69 Å². The van der Waals surface area contributed by atoms with E-state index in [1.54, 1.807) is 18.2 Å². The van der Waals surface area contributed by atoms with E-state index in [4.69, 9.17) is 0 Å². The molecule has 1 N–H and O–H groups in total. The smallest absolute Gasteiger partial charge is 0.224 e. The fourth-order valence-electron chi connectivity index (χ4n) is 1.24. The van der Waals surface area contributed by atoms with E-state index in [0.29, 0.717) is 12.8 Å². The van der Waals surface area contributed by atoms with Crippen molar-refractivity contribution < 1.29 is 9.18 Å². The van der Waals surface area contributed by atoms with Crippen molar-refractivity contribution in [3.05, 3.63) is 30.1 Å². The van der Waals surface area contributed by atoms with Crippen LogP contribution in [0.25, 0.3) is 0 Å². The fourth-order valence-corrected chi connectivity index (χ4v) is 1.70. The van der Waals surface area contributed by atoms with Crippen LogP contribution in [0.15, 0.2) is 24.3 Å². The third-order valence-corrected chi connectivity index (χ3v) is 4.53. The molecule has 0 radical (unpaired) electrons. The highest BCUT2D eigenvalue weighted by atomic mass is 33.1. The predicted octanol–water partition coefficient (Wildman–Crippen LogP) is 3.90. The molecule has 2 nitrogen and oxygen atoms in total. The highest BCUT2D eigenvalue weighted by Gasteiger charge is 2.18. The van der Waals surface area contributed by atoms with Gasteiger partial charge in [0.1, 0.15) is 5.82 Å². The molecule has 0 saturated heterocycles. The topological polar surface area (TPSA) is 29.1 Å². The van der Waals surface area contributed by atoms with Crippen LogP contribution in [0.2, 0.25) is 0 Å². The second kappa shape index (κ2) is 6.31. The molecule has 1 amide bonds. The summed E-state index contributed by atoms with van der Waals surface area (Å²) in [4.78, 5) is 11.6. The number of para-hydroxylation sites is 1. The maximum atomic E-state index is 13.3. The number of anilines is 1. The number of nitrogens with one attached hydrogen (secondary N) is 1. The quantitative estimate of drug-likeness (QED) is 0.629. The van der Waals surface area contributed by atoms with E-state index in [9.17, 15) is 9.18 Å². The van der Waals surface area contributed by atoms with E-state index in [0.717, 1.165) is 0 Å². The number of hydrogen-bond donors (Lipinski definition) is 2. The molecule has 0 bridgehead atoms. The van der Waals surface area contributed by atoms with E-state index in [2.05, 4.69) is 17.0 Å². The average Bonchev–Trinajstić information content (AvgIpc) is 2.30. The Morgan fingerprint density at radius 1 is 1.47 bits per heavy atom. The molecule has 1 rings (SSSR count). The van der Waals surface area contributed by atoms with Crippen LogP contribution < -0.4 is 5.32 Å². The molecular formula is C12H16FNOS2. The van der Waals surface area contributed by atoms with Crippen molar-refractivity contribution in [1.82, 2.24) is 0 Å². The number of hydrogen-bond acceptors (Lipinski definition) is 3. The molecule has 0 aliphatic rings. The zero-order chi connectivity index (χ0) is 12.9. The molecule has 0 aliphatic heterocycles. The molecule has 0 aliphatic carbocycles. The molecule has 0 unspecified atom stereocenters. The van der Waals surface area contributed by atoms with Crippen LogP contribution in [0, 0.1) is 5.82 Å². The van der Waals surface area contributed by atoms with Crippen LogP contribution in [0.4, 0.5) is 10.1 Å². The van der Waals surface area contributed by atoms with Crippen LogP contribution in [0.3, 0.4) is 0 Å². The summed E-state index contributed by atoms with van der Waals surface area (Å²) in [6.45, 7) is 4.03. The lowest BCUT2D eigenvalue weighted by Crippen LogP contribution is -2.19. The van der Waals surface area contributed by atoms with E-state index >= 15 is 0 Å². The molecule has 0 spiro atoms. The Labute approximate surface area is 110 Å². The van der Waals surface area contributed by atoms with Crippen molar-refractivity contribution in [1.29, 1.82) is 0 Å². The Morgan fingerprint density at radius 2 is 2.12 bits per heavy atom. The first kappa shape index (κ1) is 14.4. The van der Waals surface area contributed by atoms with Gasteiger partial charge >= 0.3 is 0 Å². The average molecular weight is 273 g/mol. The van der Waals surface area contributed by atoms with Crippen LogP contribution in [0.5, 0.6) is 0 Å². The summed E-state index contributed by atoms with van der Waals surface area (Å²) in [5.74, 6) is -0.589. The van der Waals surface area contributed by atoms with E-state index < -0.39 is 5.82 Å². The highest BCUT2D eigenvalue weighted by Crippen LogP contribution is 2.31. The molecular weight excluding hydrogens is 257 g/mol. The van der Waals surface area contributed by atoms with Gasteiger partial charge in [-0.1, -0.05) is 22.9 Å². The van der Waals surface area contributed by atoms with Gasteiger partial charge in [0.15, 0.2) is 0 Å². The van der Waals surface area contributed by atoms with Crippen molar-refractivity contribution in [2.45, 2.75) is 31.4 Å². The highest BCUT2D eigenvalue weighted by molar-refractivity contribution is 8.69. The van der Waals surface area contributed by atoms with E-state index in [1.165, 1.54) is 16.9 Å². The van der Waals surface area contributed by atoms with E-state index in [1.807, 2.05) is 13.8 Å². The number of carbonyl (C=O) groups is 1. The van der Waals surface area contributed by atoms with Crippen LogP contribution in [0.1, 0.15) is 26.7 Å². The summed E-state index contributed by atoms with van der Waals surface area (Å²) in [5.41, 5.74) is 0.230. The third-order valence-electron chi connectivity index (χ3n) is 2.35. The first-order chi connectivity index (χ1) is 7.94. The number of halogens is 1. The lowest BCUT2D eigenvalue weighted by atomic mass is 10.1. The summed E-state index contributed by atoms with van der Waals surface area (Å²) >= 11 is 4.14. The molecule has 1 aromatic rings. The zero-order valence-electron chi connectivity index (χ0n) is 9.87. The minimum Gasteiger partial charge on any atom is -0.324 e. The largest absolute Gasteiger partial charge is 0.324 e. The molecule has 1 aromatic carbocycles. The SMILES string of the molecule is CC(C)(CCC(=O)Nc1ccccc1F)SS. The Hall–Kier alpha value is -0.680. The van der Waals surface area contributed by atoms with E-state index in [-0.39, 0.29) is 16.3 Å². The first-order valence-corrected chi connectivity index (χ1v) is 7.18. The zero-order valence-corrected chi connectivity index (χ0v) is 11.6. The second-order valence-corrected chi connectivity index (χ2v) is 6.21. The minimum atomic E-state index is -0.413. The fraction of sp³-hybridized carbons (Fsp3) is 0.417. The number of amides is 1. The number of thiol groups is 1. The first-order valence-electron chi connectivity index (χ1n) is 5.31. The predicted molar refractivity (Wildman–Crippen MR) is 74.9 cm³/mol. The summed E-state index contributed by atoms with van der Waals surface area (Å²) in [6.07, 6.45) is 1.05. The number of benzene rings is 1. The van der Waals surface area contributed by atoms with Crippen LogP contribution in [-0.4, -0.2) is 10.7 Å². The van der Waals surface area contributed by atoms with Gasteiger partial charge in [-0.15, -0.1) is 11.7 Å². The summed E-state index contributed by atoms with van der Waals surface area (Å²) < 4.78 is 13.2. The standard InChI is InChI=1S/C12H16FNOS2/c1-12(2,17-16)8-7-11(15)14-10-6-4-3-5-9(10)13/h3-6,16H,7-8H2,1-2H3,(H,14,15). The lowest BCUT2D eigenvalue weighted by molar-refractivity contribution is -0.116. The molecule has 0 heterocycles. The number of rotatable bonds is 5. The molecule has 0 atom stereocenters. The Kier molecular flexibility index (Phi) is 5.33. The van der Waals surface area contributed by atoms with Crippen LogP contribution in [-0.2, 0) is 4.79 Å². The van der Waals surface area contributed by atoms with Gasteiger partial charge in [0, 0.05) is 11.2 Å². The molecule has 5 heteroatoms. The van der Waals surface area contributed by atoms with Gasteiger partial charge in [-0.2, -0.15) is 0 Å². The van der Waals surface area contributed by atoms with Crippen molar-refractivity contribution in [3.63, 3.8) is 0 Å². The summed E-state index contributed by atoms with van der Waals surface area (Å²) in [7, 11) is 1.42. The van der Waals surface area contributed by atoms with Gasteiger partial charge in [0.25, 0.3) is 0 Å². The van der Waals surface area contributed by atoms with Crippen LogP contribution >= 0.6 is 22.5 Å². The maximum absolute atomic E-state index is 13.3. The van der Waals surface area contributed by atoms with Gasteiger partial charge in [0.2, 0.25) is 5.91 Å².